The third-order valence-electron chi connectivity index (χ3n) is 4.21. The molecule has 92 valence electrons. The van der Waals surface area contributed by atoms with Crippen molar-refractivity contribution in [2.24, 2.45) is 0 Å². The Bertz CT molecular complexity index is 391. The van der Waals surface area contributed by atoms with Crippen molar-refractivity contribution in [2.45, 2.75) is 50.5 Å². The average molecular weight is 232 g/mol. The van der Waals surface area contributed by atoms with Gasteiger partial charge in [-0.05, 0) is 50.2 Å². The van der Waals surface area contributed by atoms with Gasteiger partial charge in [-0.25, -0.2) is 0 Å². The second kappa shape index (κ2) is 4.25. The standard InChI is InChI=1S/C15H20O2/c1-16-13-7-5-6-12-8-11-15(17-14(12)13)9-3-2-4-10-15/h5-7H,2-4,8-11H2,1H3. The van der Waals surface area contributed by atoms with Gasteiger partial charge in [0.15, 0.2) is 11.5 Å². The highest BCUT2D eigenvalue weighted by molar-refractivity contribution is 5.48. The van der Waals surface area contributed by atoms with E-state index in [4.69, 9.17) is 9.47 Å². The second-order valence-electron chi connectivity index (χ2n) is 5.29. The molecule has 1 aromatic carbocycles. The molecule has 1 aliphatic heterocycles. The summed E-state index contributed by atoms with van der Waals surface area (Å²) in [5.74, 6) is 1.90. The highest BCUT2D eigenvalue weighted by Gasteiger charge is 2.38. The van der Waals surface area contributed by atoms with Gasteiger partial charge in [0.1, 0.15) is 5.60 Å². The van der Waals surface area contributed by atoms with Crippen molar-refractivity contribution in [3.05, 3.63) is 23.8 Å². The summed E-state index contributed by atoms with van der Waals surface area (Å²) in [5.41, 5.74) is 1.42. The van der Waals surface area contributed by atoms with Crippen molar-refractivity contribution in [1.82, 2.24) is 0 Å². The summed E-state index contributed by atoms with van der Waals surface area (Å²) in [7, 11) is 1.72. The minimum atomic E-state index is 0.111. The third kappa shape index (κ3) is 1.90. The molecule has 0 bridgehead atoms. The van der Waals surface area contributed by atoms with Crippen LogP contribution in [-0.2, 0) is 6.42 Å². The zero-order chi connectivity index (χ0) is 11.7. The zero-order valence-electron chi connectivity index (χ0n) is 10.5. The van der Waals surface area contributed by atoms with E-state index in [1.165, 1.54) is 44.1 Å². The van der Waals surface area contributed by atoms with Crippen LogP contribution < -0.4 is 9.47 Å². The Labute approximate surface area is 103 Å². The van der Waals surface area contributed by atoms with Crippen LogP contribution in [0.25, 0.3) is 0 Å². The molecule has 1 aliphatic carbocycles. The molecule has 1 heterocycles. The van der Waals surface area contributed by atoms with Crippen LogP contribution in [0.15, 0.2) is 18.2 Å². The van der Waals surface area contributed by atoms with E-state index in [1.807, 2.05) is 6.07 Å². The lowest BCUT2D eigenvalue weighted by Crippen LogP contribution is -2.41. The first-order valence-corrected chi connectivity index (χ1v) is 6.68. The van der Waals surface area contributed by atoms with Crippen LogP contribution in [0.5, 0.6) is 11.5 Å². The van der Waals surface area contributed by atoms with Gasteiger partial charge in [-0.3, -0.25) is 0 Å². The topological polar surface area (TPSA) is 18.5 Å². The molecule has 1 spiro atoms. The zero-order valence-corrected chi connectivity index (χ0v) is 10.5. The molecular formula is C15H20O2. The summed E-state index contributed by atoms with van der Waals surface area (Å²) in [6, 6.07) is 6.22. The Balaban J connectivity index is 1.93. The number of hydrogen-bond donors (Lipinski definition) is 0. The van der Waals surface area contributed by atoms with E-state index in [0.717, 1.165) is 17.9 Å². The summed E-state index contributed by atoms with van der Waals surface area (Å²) < 4.78 is 11.8. The van der Waals surface area contributed by atoms with Crippen LogP contribution in [0.4, 0.5) is 0 Å². The maximum atomic E-state index is 6.36. The lowest BCUT2D eigenvalue weighted by molar-refractivity contribution is 0.00839. The molecular weight excluding hydrogens is 212 g/mol. The quantitative estimate of drug-likeness (QED) is 0.734. The molecule has 0 N–H and O–H groups in total. The fourth-order valence-electron chi connectivity index (χ4n) is 3.21. The Hall–Kier alpha value is -1.18. The molecule has 1 saturated carbocycles. The lowest BCUT2D eigenvalue weighted by Gasteiger charge is -2.41. The van der Waals surface area contributed by atoms with Crippen LogP contribution >= 0.6 is 0 Å². The van der Waals surface area contributed by atoms with E-state index in [1.54, 1.807) is 7.11 Å². The molecule has 1 aromatic rings. The first-order chi connectivity index (χ1) is 8.33. The van der Waals surface area contributed by atoms with Crippen molar-refractivity contribution in [1.29, 1.82) is 0 Å². The summed E-state index contributed by atoms with van der Waals surface area (Å²) in [6.07, 6.45) is 8.72. The van der Waals surface area contributed by atoms with Gasteiger partial charge >= 0.3 is 0 Å². The molecule has 1 fully saturated rings. The highest BCUT2D eigenvalue weighted by atomic mass is 16.5. The van der Waals surface area contributed by atoms with Gasteiger partial charge in [0.2, 0.25) is 0 Å². The van der Waals surface area contributed by atoms with E-state index in [0.29, 0.717) is 0 Å². The summed E-state index contributed by atoms with van der Waals surface area (Å²) in [4.78, 5) is 0. The minimum absolute atomic E-state index is 0.111. The number of aryl methyl sites for hydroxylation is 1. The van der Waals surface area contributed by atoms with Crippen molar-refractivity contribution < 1.29 is 9.47 Å². The Morgan fingerprint density at radius 2 is 1.94 bits per heavy atom. The first-order valence-electron chi connectivity index (χ1n) is 6.68. The predicted molar refractivity (Wildman–Crippen MR) is 67.8 cm³/mol. The van der Waals surface area contributed by atoms with Gasteiger partial charge in [-0.2, -0.15) is 0 Å². The molecule has 0 amide bonds. The SMILES string of the molecule is COc1cccc2c1OC1(CCCCC1)CC2. The summed E-state index contributed by atoms with van der Waals surface area (Å²) in [6.45, 7) is 0. The van der Waals surface area contributed by atoms with E-state index in [-0.39, 0.29) is 5.60 Å². The van der Waals surface area contributed by atoms with Gasteiger partial charge in [0.25, 0.3) is 0 Å². The van der Waals surface area contributed by atoms with Crippen molar-refractivity contribution in [2.75, 3.05) is 7.11 Å². The number of benzene rings is 1. The van der Waals surface area contributed by atoms with Crippen molar-refractivity contribution in [3.63, 3.8) is 0 Å². The molecule has 2 nitrogen and oxygen atoms in total. The van der Waals surface area contributed by atoms with Gasteiger partial charge in [-0.1, -0.05) is 18.6 Å². The highest BCUT2D eigenvalue weighted by Crippen LogP contribution is 2.45. The van der Waals surface area contributed by atoms with E-state index in [2.05, 4.69) is 12.1 Å². The van der Waals surface area contributed by atoms with Crippen molar-refractivity contribution in [3.8, 4) is 11.5 Å². The predicted octanol–water partition coefficient (Wildman–Crippen LogP) is 3.72. The second-order valence-corrected chi connectivity index (χ2v) is 5.29. The van der Waals surface area contributed by atoms with Crippen molar-refractivity contribution >= 4 is 0 Å². The van der Waals surface area contributed by atoms with E-state index in [9.17, 15) is 0 Å². The van der Waals surface area contributed by atoms with Crippen LogP contribution in [0, 0.1) is 0 Å². The van der Waals surface area contributed by atoms with Crippen LogP contribution in [0.1, 0.15) is 44.1 Å². The molecule has 0 saturated heterocycles. The number of ether oxygens (including phenoxy) is 2. The minimum Gasteiger partial charge on any atom is -0.493 e. The average Bonchev–Trinajstić information content (AvgIpc) is 2.39. The molecule has 17 heavy (non-hydrogen) atoms. The molecule has 3 rings (SSSR count). The fourth-order valence-corrected chi connectivity index (χ4v) is 3.21. The lowest BCUT2D eigenvalue weighted by atomic mass is 9.79. The Morgan fingerprint density at radius 3 is 2.71 bits per heavy atom. The smallest absolute Gasteiger partial charge is 0.165 e. The van der Waals surface area contributed by atoms with Gasteiger partial charge < -0.3 is 9.47 Å². The number of para-hydroxylation sites is 1. The van der Waals surface area contributed by atoms with E-state index < -0.39 is 0 Å². The monoisotopic (exact) mass is 232 g/mol. The van der Waals surface area contributed by atoms with Crippen LogP contribution in [0.3, 0.4) is 0 Å². The maximum Gasteiger partial charge on any atom is 0.165 e. The Kier molecular flexibility index (Phi) is 2.73. The number of hydrogen-bond acceptors (Lipinski definition) is 2. The first kappa shape index (κ1) is 10.9. The molecule has 0 radical (unpaired) electrons. The molecule has 0 unspecified atom stereocenters. The van der Waals surface area contributed by atoms with Gasteiger partial charge in [0.05, 0.1) is 7.11 Å². The number of rotatable bonds is 1. The van der Waals surface area contributed by atoms with Crippen LogP contribution in [-0.4, -0.2) is 12.7 Å². The van der Waals surface area contributed by atoms with Gasteiger partial charge in [0, 0.05) is 0 Å². The van der Waals surface area contributed by atoms with Gasteiger partial charge in [-0.15, -0.1) is 0 Å². The number of fused-ring (bicyclic) bond motifs is 1. The molecule has 2 aliphatic rings. The van der Waals surface area contributed by atoms with E-state index >= 15 is 0 Å². The fraction of sp³-hybridized carbons (Fsp3) is 0.600. The third-order valence-corrected chi connectivity index (χ3v) is 4.21. The molecule has 0 aromatic heterocycles. The Morgan fingerprint density at radius 1 is 1.12 bits per heavy atom. The van der Waals surface area contributed by atoms with Crippen LogP contribution in [0.2, 0.25) is 0 Å². The normalized spacial score (nSPS) is 21.7. The molecule has 0 atom stereocenters. The largest absolute Gasteiger partial charge is 0.493 e. The molecule has 2 heteroatoms. The maximum absolute atomic E-state index is 6.36. The number of methoxy groups -OCH3 is 1. The summed E-state index contributed by atoms with van der Waals surface area (Å²) in [5, 5.41) is 0. The summed E-state index contributed by atoms with van der Waals surface area (Å²) >= 11 is 0.